The van der Waals surface area contributed by atoms with Crippen molar-refractivity contribution in [2.45, 2.75) is 19.4 Å². The Morgan fingerprint density at radius 2 is 1.74 bits per heavy atom. The Kier molecular flexibility index (Phi) is 4.48. The van der Waals surface area contributed by atoms with Gasteiger partial charge in [-0.1, -0.05) is 30.3 Å². The van der Waals surface area contributed by atoms with Crippen LogP contribution in [0.5, 0.6) is 11.5 Å². The Morgan fingerprint density at radius 1 is 1.04 bits per heavy atom. The lowest BCUT2D eigenvalue weighted by molar-refractivity contribution is -0.141. The fourth-order valence-electron chi connectivity index (χ4n) is 3.33. The van der Waals surface area contributed by atoms with Gasteiger partial charge >= 0.3 is 0 Å². The van der Waals surface area contributed by atoms with Crippen LogP contribution in [-0.4, -0.2) is 37.0 Å². The van der Waals surface area contributed by atoms with Crippen molar-refractivity contribution < 1.29 is 19.1 Å². The highest BCUT2D eigenvalue weighted by atomic mass is 16.6. The maximum absolute atomic E-state index is 12.9. The van der Waals surface area contributed by atoms with Gasteiger partial charge < -0.3 is 19.7 Å². The van der Waals surface area contributed by atoms with Gasteiger partial charge in [-0.2, -0.15) is 0 Å². The summed E-state index contributed by atoms with van der Waals surface area (Å²) in [6.45, 7) is 1.49. The number of carbonyl (C=O) groups excluding carboxylic acids is 2. The topological polar surface area (TPSA) is 67.9 Å². The monoisotopic (exact) mass is 366 g/mol. The molecule has 1 aliphatic heterocycles. The molecule has 2 aliphatic rings. The zero-order chi connectivity index (χ0) is 18.9. The lowest BCUT2D eigenvalue weighted by Crippen LogP contribution is -2.40. The number of rotatable bonds is 5. The van der Waals surface area contributed by atoms with Crippen LogP contribution in [0.3, 0.4) is 0 Å². The van der Waals surface area contributed by atoms with E-state index in [1.54, 1.807) is 30.1 Å². The van der Waals surface area contributed by atoms with Gasteiger partial charge in [-0.15, -0.1) is 0 Å². The summed E-state index contributed by atoms with van der Waals surface area (Å²) in [5.41, 5.74) is 0.682. The van der Waals surface area contributed by atoms with Crippen molar-refractivity contribution in [2.24, 2.45) is 5.41 Å². The van der Waals surface area contributed by atoms with Crippen LogP contribution in [0, 0.1) is 5.41 Å². The molecule has 1 aliphatic carbocycles. The van der Waals surface area contributed by atoms with Gasteiger partial charge in [-0.05, 0) is 30.5 Å². The van der Waals surface area contributed by atoms with Gasteiger partial charge in [0.1, 0.15) is 18.6 Å². The lowest BCUT2D eigenvalue weighted by atomic mass is 10.0. The molecule has 27 heavy (non-hydrogen) atoms. The van der Waals surface area contributed by atoms with Crippen LogP contribution in [0.25, 0.3) is 0 Å². The Hall–Kier alpha value is -3.02. The summed E-state index contributed by atoms with van der Waals surface area (Å²) < 4.78 is 11.0. The maximum atomic E-state index is 12.9. The number of fused-ring (bicyclic) bond motifs is 1. The molecule has 2 amide bonds. The van der Waals surface area contributed by atoms with Gasteiger partial charge in [0.05, 0.1) is 0 Å². The number of hydrogen-bond donors (Lipinski definition) is 1. The number of hydrogen-bond acceptors (Lipinski definition) is 4. The van der Waals surface area contributed by atoms with Gasteiger partial charge in [0.15, 0.2) is 11.5 Å². The number of carbonyl (C=O) groups is 2. The van der Waals surface area contributed by atoms with E-state index in [4.69, 9.17) is 9.47 Å². The molecule has 1 saturated carbocycles. The number of anilines is 1. The molecule has 1 fully saturated rings. The van der Waals surface area contributed by atoms with Crippen molar-refractivity contribution in [3.63, 3.8) is 0 Å². The standard InChI is InChI=1S/C21H22N2O4/c1-23(14-15-5-3-2-4-6-15)20(25)21(9-10-21)19(24)22-16-7-8-17-18(13-16)27-12-11-26-17/h2-8,13H,9-12,14H2,1H3,(H,22,24). The van der Waals surface area contributed by atoms with E-state index in [1.807, 2.05) is 30.3 Å². The van der Waals surface area contributed by atoms with Crippen LogP contribution in [0.15, 0.2) is 48.5 Å². The summed E-state index contributed by atoms with van der Waals surface area (Å²) >= 11 is 0. The fraction of sp³-hybridized carbons (Fsp3) is 0.333. The SMILES string of the molecule is CN(Cc1ccccc1)C(=O)C1(C(=O)Nc2ccc3c(c2)OCCO3)CC1. The molecular weight excluding hydrogens is 344 g/mol. The fourth-order valence-corrected chi connectivity index (χ4v) is 3.33. The largest absolute Gasteiger partial charge is 0.486 e. The summed E-state index contributed by atoms with van der Waals surface area (Å²) in [7, 11) is 1.74. The average Bonchev–Trinajstić information content (AvgIpc) is 3.50. The second-order valence-corrected chi connectivity index (χ2v) is 7.04. The van der Waals surface area contributed by atoms with Crippen LogP contribution in [-0.2, 0) is 16.1 Å². The number of benzene rings is 2. The molecule has 6 heteroatoms. The van der Waals surface area contributed by atoms with Crippen LogP contribution < -0.4 is 14.8 Å². The van der Waals surface area contributed by atoms with E-state index < -0.39 is 5.41 Å². The van der Waals surface area contributed by atoms with Gasteiger partial charge in [-0.3, -0.25) is 9.59 Å². The third kappa shape index (κ3) is 3.47. The first-order valence-corrected chi connectivity index (χ1v) is 9.09. The van der Waals surface area contributed by atoms with Crippen molar-refractivity contribution in [2.75, 3.05) is 25.6 Å². The maximum Gasteiger partial charge on any atom is 0.240 e. The molecule has 1 N–H and O–H groups in total. The molecule has 0 radical (unpaired) electrons. The molecular formula is C21H22N2O4. The Morgan fingerprint density at radius 3 is 2.44 bits per heavy atom. The molecule has 2 aromatic rings. The molecule has 0 unspecified atom stereocenters. The number of amides is 2. The minimum atomic E-state index is -0.962. The Labute approximate surface area is 158 Å². The van der Waals surface area contributed by atoms with E-state index in [0.29, 0.717) is 49.8 Å². The molecule has 0 bridgehead atoms. The van der Waals surface area contributed by atoms with Crippen LogP contribution in [0.4, 0.5) is 5.69 Å². The zero-order valence-corrected chi connectivity index (χ0v) is 15.2. The van der Waals surface area contributed by atoms with E-state index in [0.717, 1.165) is 5.56 Å². The molecule has 6 nitrogen and oxygen atoms in total. The van der Waals surface area contributed by atoms with Crippen molar-refractivity contribution in [3.8, 4) is 11.5 Å². The quantitative estimate of drug-likeness (QED) is 0.827. The summed E-state index contributed by atoms with van der Waals surface area (Å²) in [6.07, 6.45) is 1.14. The third-order valence-electron chi connectivity index (χ3n) is 5.00. The van der Waals surface area contributed by atoms with Gasteiger partial charge in [0.2, 0.25) is 11.8 Å². The molecule has 0 atom stereocenters. The molecule has 2 aromatic carbocycles. The first-order valence-electron chi connectivity index (χ1n) is 9.09. The highest BCUT2D eigenvalue weighted by Gasteiger charge is 2.57. The lowest BCUT2D eigenvalue weighted by Gasteiger charge is -2.24. The first-order chi connectivity index (χ1) is 13.1. The average molecular weight is 366 g/mol. The van der Waals surface area contributed by atoms with Crippen molar-refractivity contribution in [1.29, 1.82) is 0 Å². The normalized spacial score (nSPS) is 16.3. The van der Waals surface area contributed by atoms with Crippen molar-refractivity contribution in [1.82, 2.24) is 4.90 Å². The summed E-state index contributed by atoms with van der Waals surface area (Å²) in [4.78, 5) is 27.4. The van der Waals surface area contributed by atoms with E-state index in [2.05, 4.69) is 5.32 Å². The minimum Gasteiger partial charge on any atom is -0.486 e. The van der Waals surface area contributed by atoms with Crippen LogP contribution in [0.2, 0.25) is 0 Å². The molecule has 0 spiro atoms. The number of nitrogens with zero attached hydrogens (tertiary/aromatic N) is 1. The molecule has 4 rings (SSSR count). The third-order valence-corrected chi connectivity index (χ3v) is 5.00. The van der Waals surface area contributed by atoms with Crippen molar-refractivity contribution >= 4 is 17.5 Å². The van der Waals surface area contributed by atoms with Crippen LogP contribution in [0.1, 0.15) is 18.4 Å². The van der Waals surface area contributed by atoms with Crippen molar-refractivity contribution in [3.05, 3.63) is 54.1 Å². The van der Waals surface area contributed by atoms with Gasteiger partial charge in [0, 0.05) is 25.3 Å². The summed E-state index contributed by atoms with van der Waals surface area (Å²) in [6, 6.07) is 15.0. The number of nitrogens with one attached hydrogen (secondary N) is 1. The molecule has 0 saturated heterocycles. The van der Waals surface area contributed by atoms with E-state index in [-0.39, 0.29) is 11.8 Å². The minimum absolute atomic E-state index is 0.138. The second-order valence-electron chi connectivity index (χ2n) is 7.04. The second kappa shape index (κ2) is 6.95. The van der Waals surface area contributed by atoms with E-state index in [1.165, 1.54) is 0 Å². The first kappa shape index (κ1) is 17.4. The van der Waals surface area contributed by atoms with E-state index >= 15 is 0 Å². The molecule has 0 aromatic heterocycles. The highest BCUT2D eigenvalue weighted by Crippen LogP contribution is 2.48. The number of ether oxygens (including phenoxy) is 2. The Bertz CT molecular complexity index is 862. The zero-order valence-electron chi connectivity index (χ0n) is 15.2. The van der Waals surface area contributed by atoms with E-state index in [9.17, 15) is 9.59 Å². The predicted molar refractivity (Wildman–Crippen MR) is 101 cm³/mol. The molecule has 1 heterocycles. The summed E-state index contributed by atoms with van der Waals surface area (Å²) in [5, 5.41) is 2.87. The summed E-state index contributed by atoms with van der Waals surface area (Å²) in [5.74, 6) is 0.876. The van der Waals surface area contributed by atoms with Gasteiger partial charge in [-0.25, -0.2) is 0 Å². The Balaban J connectivity index is 1.44. The smallest absolute Gasteiger partial charge is 0.240 e. The van der Waals surface area contributed by atoms with Crippen LogP contribution >= 0.6 is 0 Å². The van der Waals surface area contributed by atoms with Gasteiger partial charge in [0.25, 0.3) is 0 Å². The highest BCUT2D eigenvalue weighted by molar-refractivity contribution is 6.13. The molecule has 140 valence electrons. The predicted octanol–water partition coefficient (Wildman–Crippen LogP) is 2.84.